The van der Waals surface area contributed by atoms with Crippen LogP contribution in [0.25, 0.3) is 0 Å². The van der Waals surface area contributed by atoms with Gasteiger partial charge in [0.2, 0.25) is 0 Å². The average molecular weight is 507 g/mol. The molecule has 0 amide bonds. The van der Waals surface area contributed by atoms with Gasteiger partial charge in [0.15, 0.2) is 0 Å². The summed E-state index contributed by atoms with van der Waals surface area (Å²) in [6.07, 6.45) is 9.58. The summed E-state index contributed by atoms with van der Waals surface area (Å²) in [6.45, 7) is 13.2. The molecule has 3 saturated carbocycles. The van der Waals surface area contributed by atoms with Crippen molar-refractivity contribution in [2.45, 2.75) is 128 Å². The SMILES string of the molecule is C=C1/C(=C\C2OC23CCC[C@@]2(C)C3CC[C@@H]2[C@H](C)CCCC(C)(C)O)C[C@@H](O)[C@@H](OCCCO)[C@@H]1O. The van der Waals surface area contributed by atoms with E-state index in [0.717, 1.165) is 31.3 Å². The van der Waals surface area contributed by atoms with Crippen LogP contribution in [0.2, 0.25) is 0 Å². The van der Waals surface area contributed by atoms with Gasteiger partial charge in [0, 0.05) is 19.6 Å². The van der Waals surface area contributed by atoms with Gasteiger partial charge in [-0.05, 0) is 99.2 Å². The first-order valence-corrected chi connectivity index (χ1v) is 14.3. The van der Waals surface area contributed by atoms with Gasteiger partial charge >= 0.3 is 0 Å². The zero-order valence-corrected chi connectivity index (χ0v) is 22.9. The Bertz CT molecular complexity index is 817. The standard InChI is InChI=1S/C30H50O6/c1-19(9-6-12-28(3,4)34)22-10-11-24-29(22,5)13-7-14-30(24)25(36-30)18-21-17-23(32)27(26(33)20(21)2)35-16-8-15-31/h18-19,22-27,31-34H,2,6-17H2,1,3-5H3/b21-18-/t19-,22-,23-,24?,25?,26-,27-,29-,30?/m1/s1. The zero-order chi connectivity index (χ0) is 26.3. The smallest absolute Gasteiger partial charge is 0.114 e. The minimum atomic E-state index is -0.953. The molecule has 4 N–H and O–H groups in total. The topological polar surface area (TPSA) is 103 Å². The summed E-state index contributed by atoms with van der Waals surface area (Å²) in [7, 11) is 0. The first kappa shape index (κ1) is 28.3. The fourth-order valence-electron chi connectivity index (χ4n) is 8.11. The van der Waals surface area contributed by atoms with Crippen LogP contribution in [-0.4, -0.2) is 69.3 Å². The van der Waals surface area contributed by atoms with Crippen molar-refractivity contribution < 1.29 is 29.9 Å². The minimum absolute atomic E-state index is 0.0179. The summed E-state index contributed by atoms with van der Waals surface area (Å²) in [6, 6.07) is 0. The summed E-state index contributed by atoms with van der Waals surface area (Å²) in [5.41, 5.74) is 1.07. The lowest BCUT2D eigenvalue weighted by molar-refractivity contribution is -0.0968. The van der Waals surface area contributed by atoms with Crippen molar-refractivity contribution in [3.63, 3.8) is 0 Å². The Labute approximate surface area is 217 Å². The van der Waals surface area contributed by atoms with Gasteiger partial charge in [-0.15, -0.1) is 0 Å². The molecule has 6 heteroatoms. The number of aliphatic hydroxyl groups excluding tert-OH is 3. The molecule has 1 heterocycles. The molecule has 0 radical (unpaired) electrons. The van der Waals surface area contributed by atoms with Crippen molar-refractivity contribution in [3.8, 4) is 0 Å². The largest absolute Gasteiger partial charge is 0.396 e. The van der Waals surface area contributed by atoms with Crippen LogP contribution in [0.1, 0.15) is 91.9 Å². The van der Waals surface area contributed by atoms with Gasteiger partial charge in [-0.2, -0.15) is 0 Å². The third-order valence-corrected chi connectivity index (χ3v) is 10.0. The second kappa shape index (κ2) is 10.8. The molecule has 6 nitrogen and oxygen atoms in total. The lowest BCUT2D eigenvalue weighted by atomic mass is 9.58. The summed E-state index contributed by atoms with van der Waals surface area (Å²) in [4.78, 5) is 0. The predicted molar refractivity (Wildman–Crippen MR) is 140 cm³/mol. The maximum Gasteiger partial charge on any atom is 0.114 e. The fourth-order valence-corrected chi connectivity index (χ4v) is 8.11. The lowest BCUT2D eigenvalue weighted by Crippen LogP contribution is -2.46. The van der Waals surface area contributed by atoms with Crippen LogP contribution < -0.4 is 0 Å². The molecule has 0 bridgehead atoms. The van der Waals surface area contributed by atoms with Crippen molar-refractivity contribution in [3.05, 3.63) is 23.8 Å². The van der Waals surface area contributed by atoms with E-state index in [4.69, 9.17) is 14.6 Å². The van der Waals surface area contributed by atoms with Crippen molar-refractivity contribution in [2.24, 2.45) is 23.2 Å². The number of fused-ring (bicyclic) bond motifs is 2. The maximum absolute atomic E-state index is 10.8. The van der Waals surface area contributed by atoms with Crippen LogP contribution in [0.4, 0.5) is 0 Å². The van der Waals surface area contributed by atoms with Crippen molar-refractivity contribution >= 4 is 0 Å². The molecule has 1 aliphatic heterocycles. The molecule has 4 fully saturated rings. The maximum atomic E-state index is 10.8. The van der Waals surface area contributed by atoms with Crippen LogP contribution >= 0.6 is 0 Å². The molecule has 0 aromatic heterocycles. The number of aliphatic hydroxyl groups is 4. The van der Waals surface area contributed by atoms with E-state index in [1.165, 1.54) is 25.7 Å². The van der Waals surface area contributed by atoms with Gasteiger partial charge in [-0.1, -0.05) is 33.3 Å². The van der Waals surface area contributed by atoms with E-state index in [2.05, 4.69) is 26.5 Å². The average Bonchev–Trinajstić information content (AvgIpc) is 3.32. The van der Waals surface area contributed by atoms with Crippen molar-refractivity contribution in [1.29, 1.82) is 0 Å². The molecule has 1 saturated heterocycles. The van der Waals surface area contributed by atoms with E-state index in [0.29, 0.717) is 42.8 Å². The molecular formula is C30H50O6. The molecule has 36 heavy (non-hydrogen) atoms. The summed E-state index contributed by atoms with van der Waals surface area (Å²) in [5, 5.41) is 40.6. The predicted octanol–water partition coefficient (Wildman–Crippen LogP) is 4.29. The second-order valence-electron chi connectivity index (χ2n) is 13.1. The van der Waals surface area contributed by atoms with Crippen LogP contribution in [0.15, 0.2) is 23.8 Å². The lowest BCUT2D eigenvalue weighted by Gasteiger charge is -2.46. The number of rotatable bonds is 10. The van der Waals surface area contributed by atoms with Gasteiger partial charge in [0.05, 0.1) is 11.7 Å². The van der Waals surface area contributed by atoms with Crippen LogP contribution in [0.5, 0.6) is 0 Å². The molecule has 4 rings (SSSR count). The third kappa shape index (κ3) is 5.50. The van der Waals surface area contributed by atoms with E-state index in [-0.39, 0.29) is 23.7 Å². The highest BCUT2D eigenvalue weighted by atomic mass is 16.6. The Balaban J connectivity index is 1.41. The Kier molecular flexibility index (Phi) is 8.46. The van der Waals surface area contributed by atoms with E-state index in [1.54, 1.807) is 0 Å². The molecule has 0 aromatic carbocycles. The van der Waals surface area contributed by atoms with Crippen molar-refractivity contribution in [1.82, 2.24) is 0 Å². The Hall–Kier alpha value is -0.760. The molecule has 3 unspecified atom stereocenters. The third-order valence-electron chi connectivity index (χ3n) is 10.0. The van der Waals surface area contributed by atoms with Gasteiger partial charge < -0.3 is 29.9 Å². The quantitative estimate of drug-likeness (QED) is 0.260. The molecule has 4 aliphatic rings. The summed E-state index contributed by atoms with van der Waals surface area (Å²) >= 11 is 0. The molecule has 1 spiro atoms. The van der Waals surface area contributed by atoms with E-state index >= 15 is 0 Å². The van der Waals surface area contributed by atoms with E-state index in [9.17, 15) is 15.3 Å². The van der Waals surface area contributed by atoms with Crippen LogP contribution in [-0.2, 0) is 9.47 Å². The van der Waals surface area contributed by atoms with Gasteiger partial charge in [0.1, 0.15) is 23.9 Å². The van der Waals surface area contributed by atoms with E-state index in [1.807, 2.05) is 13.8 Å². The number of hydrogen-bond donors (Lipinski definition) is 4. The van der Waals surface area contributed by atoms with Crippen molar-refractivity contribution in [2.75, 3.05) is 13.2 Å². The molecule has 0 aromatic rings. The molecule has 3 aliphatic carbocycles. The number of hydrogen-bond acceptors (Lipinski definition) is 6. The minimum Gasteiger partial charge on any atom is -0.396 e. The first-order valence-electron chi connectivity index (χ1n) is 14.3. The van der Waals surface area contributed by atoms with Crippen LogP contribution in [0.3, 0.4) is 0 Å². The second-order valence-corrected chi connectivity index (χ2v) is 13.1. The van der Waals surface area contributed by atoms with Gasteiger partial charge in [-0.3, -0.25) is 0 Å². The molecule has 9 atom stereocenters. The van der Waals surface area contributed by atoms with Gasteiger partial charge in [-0.25, -0.2) is 0 Å². The number of epoxide rings is 1. The first-order chi connectivity index (χ1) is 16.9. The highest BCUT2D eigenvalue weighted by Gasteiger charge is 2.69. The highest BCUT2D eigenvalue weighted by Crippen LogP contribution is 2.67. The highest BCUT2D eigenvalue weighted by molar-refractivity contribution is 5.39. The van der Waals surface area contributed by atoms with Gasteiger partial charge in [0.25, 0.3) is 0 Å². The Morgan fingerprint density at radius 3 is 2.67 bits per heavy atom. The fraction of sp³-hybridized carbons (Fsp3) is 0.867. The Morgan fingerprint density at radius 2 is 1.97 bits per heavy atom. The molecule has 206 valence electrons. The molecular weight excluding hydrogens is 456 g/mol. The monoisotopic (exact) mass is 506 g/mol. The summed E-state index contributed by atoms with van der Waals surface area (Å²) < 4.78 is 12.2. The zero-order valence-electron chi connectivity index (χ0n) is 22.9. The number of ether oxygens (including phenoxy) is 2. The normalized spacial score (nSPS) is 42.7. The summed E-state index contributed by atoms with van der Waals surface area (Å²) in [5.74, 6) is 1.85. The Morgan fingerprint density at radius 1 is 1.22 bits per heavy atom. The van der Waals surface area contributed by atoms with E-state index < -0.39 is 23.9 Å². The van der Waals surface area contributed by atoms with Crippen LogP contribution in [0, 0.1) is 23.2 Å².